The fourth-order valence-corrected chi connectivity index (χ4v) is 3.51. The van der Waals surface area contributed by atoms with Crippen LogP contribution in [0, 0.1) is 6.92 Å². The van der Waals surface area contributed by atoms with Gasteiger partial charge in [0, 0.05) is 16.3 Å². The highest BCUT2D eigenvalue weighted by atomic mass is 32.1. The smallest absolute Gasteiger partial charge is 0.105 e. The van der Waals surface area contributed by atoms with Gasteiger partial charge < -0.3 is 9.73 Å². The maximum Gasteiger partial charge on any atom is 0.105 e. The number of nitrogens with one attached hydrogen (secondary N) is 1. The topological polar surface area (TPSA) is 25.2 Å². The van der Waals surface area contributed by atoms with Crippen LogP contribution in [-0.2, 0) is 6.42 Å². The number of furan rings is 1. The minimum Gasteiger partial charge on any atom is -0.469 e. The van der Waals surface area contributed by atoms with Crippen molar-refractivity contribution in [1.29, 1.82) is 0 Å². The van der Waals surface area contributed by atoms with Crippen LogP contribution in [0.15, 0.2) is 46.4 Å². The summed E-state index contributed by atoms with van der Waals surface area (Å²) >= 11 is 1.82. The lowest BCUT2D eigenvalue weighted by molar-refractivity contribution is 0.512. The van der Waals surface area contributed by atoms with Crippen LogP contribution in [0.1, 0.15) is 22.9 Å². The van der Waals surface area contributed by atoms with Gasteiger partial charge in [0.15, 0.2) is 0 Å². The van der Waals surface area contributed by atoms with Gasteiger partial charge in [0.1, 0.15) is 5.76 Å². The van der Waals surface area contributed by atoms with Gasteiger partial charge in [-0.1, -0.05) is 18.2 Å². The third-order valence-corrected chi connectivity index (χ3v) is 4.62. The first kappa shape index (κ1) is 12.5. The molecule has 3 heteroatoms. The molecule has 2 nitrogen and oxygen atoms in total. The van der Waals surface area contributed by atoms with E-state index in [0.29, 0.717) is 6.04 Å². The minimum atomic E-state index is 0.303. The molecule has 0 amide bonds. The lowest BCUT2D eigenvalue weighted by Gasteiger charge is -2.15. The summed E-state index contributed by atoms with van der Waals surface area (Å²) in [5, 5.41) is 7.03. The Balaban J connectivity index is 1.93. The van der Waals surface area contributed by atoms with Crippen molar-refractivity contribution >= 4 is 21.4 Å². The van der Waals surface area contributed by atoms with Crippen molar-refractivity contribution in [3.8, 4) is 0 Å². The van der Waals surface area contributed by atoms with Crippen molar-refractivity contribution < 1.29 is 4.42 Å². The molecule has 0 saturated carbocycles. The summed E-state index contributed by atoms with van der Waals surface area (Å²) in [5.74, 6) is 0.999. The zero-order chi connectivity index (χ0) is 13.2. The van der Waals surface area contributed by atoms with E-state index in [-0.39, 0.29) is 0 Å². The van der Waals surface area contributed by atoms with Crippen LogP contribution < -0.4 is 5.32 Å². The Morgan fingerprint density at radius 3 is 2.84 bits per heavy atom. The summed E-state index contributed by atoms with van der Waals surface area (Å²) in [7, 11) is 2.01. The standard InChI is InChI=1S/C16H17NOS/c1-11-13(7-8-18-11)15(17-2)9-12-10-19-16-6-4-3-5-14(12)16/h3-8,10,15,17H,9H2,1-2H3. The molecule has 0 aliphatic heterocycles. The van der Waals surface area contributed by atoms with Crippen LogP contribution in [0.4, 0.5) is 0 Å². The van der Waals surface area contributed by atoms with Crippen molar-refractivity contribution in [3.05, 3.63) is 58.9 Å². The van der Waals surface area contributed by atoms with Gasteiger partial charge >= 0.3 is 0 Å². The number of hydrogen-bond donors (Lipinski definition) is 1. The molecule has 1 aromatic carbocycles. The lowest BCUT2D eigenvalue weighted by atomic mass is 9.99. The van der Waals surface area contributed by atoms with Crippen molar-refractivity contribution in [2.45, 2.75) is 19.4 Å². The number of fused-ring (bicyclic) bond motifs is 1. The van der Waals surface area contributed by atoms with Crippen LogP contribution in [0.3, 0.4) is 0 Å². The average molecular weight is 271 g/mol. The zero-order valence-electron chi connectivity index (χ0n) is 11.1. The largest absolute Gasteiger partial charge is 0.469 e. The van der Waals surface area contributed by atoms with Crippen LogP contribution in [-0.4, -0.2) is 7.05 Å². The van der Waals surface area contributed by atoms with Gasteiger partial charge in [-0.05, 0) is 48.9 Å². The lowest BCUT2D eigenvalue weighted by Crippen LogP contribution is -2.18. The molecule has 1 unspecified atom stereocenters. The van der Waals surface area contributed by atoms with Crippen LogP contribution in [0.5, 0.6) is 0 Å². The molecule has 1 atom stereocenters. The summed E-state index contributed by atoms with van der Waals surface area (Å²) in [4.78, 5) is 0. The van der Waals surface area contributed by atoms with E-state index in [1.54, 1.807) is 6.26 Å². The number of rotatable bonds is 4. The molecule has 0 aliphatic rings. The van der Waals surface area contributed by atoms with Crippen LogP contribution >= 0.6 is 11.3 Å². The fourth-order valence-electron chi connectivity index (χ4n) is 2.53. The number of hydrogen-bond acceptors (Lipinski definition) is 3. The Bertz CT molecular complexity index is 683. The second-order valence-corrected chi connectivity index (χ2v) is 5.65. The summed E-state index contributed by atoms with van der Waals surface area (Å²) < 4.78 is 6.77. The molecular weight excluding hydrogens is 254 g/mol. The van der Waals surface area contributed by atoms with E-state index in [1.807, 2.05) is 25.3 Å². The van der Waals surface area contributed by atoms with Gasteiger partial charge in [0.05, 0.1) is 6.26 Å². The number of aryl methyl sites for hydroxylation is 1. The Kier molecular flexibility index (Phi) is 3.40. The van der Waals surface area contributed by atoms with Gasteiger partial charge in [-0.2, -0.15) is 0 Å². The van der Waals surface area contributed by atoms with Gasteiger partial charge in [0.25, 0.3) is 0 Å². The molecule has 3 rings (SSSR count). The third-order valence-electron chi connectivity index (χ3n) is 3.61. The van der Waals surface area contributed by atoms with Crippen LogP contribution in [0.2, 0.25) is 0 Å². The fraction of sp³-hybridized carbons (Fsp3) is 0.250. The van der Waals surface area contributed by atoms with Crippen molar-refractivity contribution in [1.82, 2.24) is 5.32 Å². The second-order valence-electron chi connectivity index (χ2n) is 4.73. The van der Waals surface area contributed by atoms with Gasteiger partial charge in [-0.15, -0.1) is 11.3 Å². The number of thiophene rings is 1. The molecule has 0 saturated heterocycles. The number of benzene rings is 1. The first-order valence-corrected chi connectivity index (χ1v) is 7.34. The Hall–Kier alpha value is -1.58. The molecule has 0 radical (unpaired) electrons. The molecular formula is C16H17NOS. The van der Waals surface area contributed by atoms with Crippen molar-refractivity contribution in [2.24, 2.45) is 0 Å². The van der Waals surface area contributed by atoms with Gasteiger partial charge in [0.2, 0.25) is 0 Å². The molecule has 0 fully saturated rings. The van der Waals surface area contributed by atoms with E-state index in [9.17, 15) is 0 Å². The normalized spacial score (nSPS) is 12.9. The average Bonchev–Trinajstić information content (AvgIpc) is 3.03. The summed E-state index contributed by atoms with van der Waals surface area (Å²) in [6.45, 7) is 2.02. The highest BCUT2D eigenvalue weighted by Gasteiger charge is 2.16. The third kappa shape index (κ3) is 2.31. The van der Waals surface area contributed by atoms with E-state index in [1.165, 1.54) is 21.2 Å². The first-order valence-electron chi connectivity index (χ1n) is 6.46. The predicted octanol–water partition coefficient (Wildman–Crippen LogP) is 4.31. The first-order chi connectivity index (χ1) is 9.29. The molecule has 3 aromatic rings. The molecule has 0 spiro atoms. The Morgan fingerprint density at radius 2 is 2.11 bits per heavy atom. The highest BCUT2D eigenvalue weighted by molar-refractivity contribution is 7.17. The monoisotopic (exact) mass is 271 g/mol. The highest BCUT2D eigenvalue weighted by Crippen LogP contribution is 2.30. The molecule has 2 heterocycles. The Labute approximate surface area is 117 Å². The molecule has 0 aliphatic carbocycles. The quantitative estimate of drug-likeness (QED) is 0.765. The maximum absolute atomic E-state index is 5.42. The van der Waals surface area contributed by atoms with E-state index < -0.39 is 0 Å². The Morgan fingerprint density at radius 1 is 1.26 bits per heavy atom. The SMILES string of the molecule is CNC(Cc1csc2ccccc12)c1ccoc1C. The van der Waals surface area contributed by atoms with E-state index >= 15 is 0 Å². The molecule has 98 valence electrons. The second kappa shape index (κ2) is 5.19. The molecule has 19 heavy (non-hydrogen) atoms. The van der Waals surface area contributed by atoms with Crippen LogP contribution in [0.25, 0.3) is 10.1 Å². The summed E-state index contributed by atoms with van der Waals surface area (Å²) in [6.07, 6.45) is 2.75. The van der Waals surface area contributed by atoms with E-state index in [4.69, 9.17) is 4.42 Å². The van der Waals surface area contributed by atoms with Crippen molar-refractivity contribution in [2.75, 3.05) is 7.05 Å². The van der Waals surface area contributed by atoms with Gasteiger partial charge in [-0.3, -0.25) is 0 Å². The van der Waals surface area contributed by atoms with E-state index in [2.05, 4.69) is 41.0 Å². The molecule has 1 N–H and O–H groups in total. The molecule has 0 bridgehead atoms. The zero-order valence-corrected chi connectivity index (χ0v) is 12.0. The number of likely N-dealkylation sites (N-methyl/N-ethyl adjacent to an activating group) is 1. The molecule has 2 aromatic heterocycles. The minimum absolute atomic E-state index is 0.303. The summed E-state index contributed by atoms with van der Waals surface area (Å²) in [5.41, 5.74) is 2.65. The van der Waals surface area contributed by atoms with Gasteiger partial charge in [-0.25, -0.2) is 0 Å². The maximum atomic E-state index is 5.42. The van der Waals surface area contributed by atoms with Crippen molar-refractivity contribution in [3.63, 3.8) is 0 Å². The summed E-state index contributed by atoms with van der Waals surface area (Å²) in [6, 6.07) is 11.0. The predicted molar refractivity (Wildman–Crippen MR) is 80.8 cm³/mol. The van der Waals surface area contributed by atoms with E-state index in [0.717, 1.165) is 12.2 Å².